The van der Waals surface area contributed by atoms with E-state index in [2.05, 4.69) is 24.7 Å². The highest BCUT2D eigenvalue weighted by Crippen LogP contribution is 2.57. The predicted molar refractivity (Wildman–Crippen MR) is 114 cm³/mol. The van der Waals surface area contributed by atoms with Gasteiger partial charge in [-0.2, -0.15) is 13.6 Å². The van der Waals surface area contributed by atoms with E-state index in [4.69, 9.17) is 9.32 Å². The molecule has 31 heavy (non-hydrogen) atoms. The molecule has 5 aliphatic rings. The zero-order valence-corrected chi connectivity index (χ0v) is 18.5. The lowest BCUT2D eigenvalue weighted by atomic mass is 9.64. The van der Waals surface area contributed by atoms with E-state index in [1.807, 2.05) is 0 Å². The first kappa shape index (κ1) is 20.4. The van der Waals surface area contributed by atoms with E-state index in [0.29, 0.717) is 12.8 Å². The van der Waals surface area contributed by atoms with E-state index in [1.165, 1.54) is 5.57 Å². The summed E-state index contributed by atoms with van der Waals surface area (Å²) in [5.41, 5.74) is 14.0. The quantitative estimate of drug-likeness (QED) is 0.523. The van der Waals surface area contributed by atoms with E-state index in [1.54, 1.807) is 6.08 Å². The average Bonchev–Trinajstić information content (AvgIpc) is 3.25. The van der Waals surface area contributed by atoms with Crippen LogP contribution in [0, 0.1) is 11.3 Å². The molecule has 1 aliphatic heterocycles. The highest BCUT2D eigenvalue weighted by Gasteiger charge is 2.48. The highest BCUT2D eigenvalue weighted by molar-refractivity contribution is 7.84. The number of nitrogens with two attached hydrogens (primary N) is 1. The molecule has 4 aliphatic carbocycles. The molecular formula is C22H27N3O5S. The standard InChI is InChI=1S/C22H27N3O5S/c1-3-11-5-4-8-22(2)18(11)16(30-31(23,28)29)10-15-14-9-12-6-7-13(21(26)27)17(12)19(14)24-25-20(15)22/h10,13,24-25H,3-9H2,1-2H3,(H,26,27)(H2,23,28,29). The van der Waals surface area contributed by atoms with Gasteiger partial charge in [-0.3, -0.25) is 4.79 Å². The highest BCUT2D eigenvalue weighted by atomic mass is 32.2. The van der Waals surface area contributed by atoms with Crippen molar-refractivity contribution in [2.45, 2.75) is 58.8 Å². The van der Waals surface area contributed by atoms with Gasteiger partial charge in [0.05, 0.1) is 11.6 Å². The fourth-order valence-electron chi connectivity index (χ4n) is 6.14. The van der Waals surface area contributed by atoms with E-state index < -0.39 is 27.6 Å². The van der Waals surface area contributed by atoms with Crippen LogP contribution in [0.3, 0.4) is 0 Å². The molecule has 0 spiro atoms. The summed E-state index contributed by atoms with van der Waals surface area (Å²) in [5.74, 6) is -1.04. The van der Waals surface area contributed by atoms with Gasteiger partial charge in [-0.05, 0) is 69.1 Å². The SMILES string of the molecule is CCC1=C2C(OS(N)(=O)=O)=CC3=C(NNC4=C3CC3=C4C(C(=O)O)CC3)C2(C)CCC1. The Bertz CT molecular complexity index is 1170. The number of hydrazine groups is 1. The molecule has 0 amide bonds. The first-order valence-corrected chi connectivity index (χ1v) is 12.2. The molecule has 1 heterocycles. The zero-order chi connectivity index (χ0) is 22.1. The van der Waals surface area contributed by atoms with Crippen LogP contribution in [0.25, 0.3) is 0 Å². The molecule has 5 N–H and O–H groups in total. The Morgan fingerprint density at radius 1 is 1.35 bits per heavy atom. The number of carboxylic acid groups (broad SMARTS) is 1. The summed E-state index contributed by atoms with van der Waals surface area (Å²) >= 11 is 0. The molecule has 0 fully saturated rings. The van der Waals surface area contributed by atoms with Crippen molar-refractivity contribution >= 4 is 16.3 Å². The van der Waals surface area contributed by atoms with Crippen molar-refractivity contribution in [3.05, 3.63) is 56.7 Å². The van der Waals surface area contributed by atoms with Gasteiger partial charge >= 0.3 is 16.3 Å². The predicted octanol–water partition coefficient (Wildman–Crippen LogP) is 2.81. The summed E-state index contributed by atoms with van der Waals surface area (Å²) < 4.78 is 29.1. The van der Waals surface area contributed by atoms with Crippen LogP contribution in [0.5, 0.6) is 0 Å². The van der Waals surface area contributed by atoms with Crippen molar-refractivity contribution in [1.82, 2.24) is 10.9 Å². The molecule has 9 heteroatoms. The zero-order valence-electron chi connectivity index (χ0n) is 17.7. The van der Waals surface area contributed by atoms with Crippen LogP contribution in [-0.4, -0.2) is 19.5 Å². The molecule has 0 saturated heterocycles. The Labute approximate surface area is 181 Å². The van der Waals surface area contributed by atoms with E-state index in [-0.39, 0.29) is 5.76 Å². The number of aliphatic carboxylic acids is 1. The number of rotatable bonds is 4. The largest absolute Gasteiger partial charge is 0.481 e. The van der Waals surface area contributed by atoms with Crippen LogP contribution < -0.4 is 16.0 Å². The third-order valence-corrected chi connectivity index (χ3v) is 7.81. The lowest BCUT2D eigenvalue weighted by molar-refractivity contribution is -0.140. The van der Waals surface area contributed by atoms with Crippen LogP contribution >= 0.6 is 0 Å². The fraction of sp³-hybridized carbons (Fsp3) is 0.500. The maximum absolute atomic E-state index is 11.9. The molecule has 8 nitrogen and oxygen atoms in total. The van der Waals surface area contributed by atoms with Gasteiger partial charge in [0.2, 0.25) is 0 Å². The minimum atomic E-state index is -4.19. The number of hydrogen-bond donors (Lipinski definition) is 4. The van der Waals surface area contributed by atoms with E-state index in [9.17, 15) is 18.3 Å². The minimum absolute atomic E-state index is 0.290. The smallest absolute Gasteiger partial charge is 0.380 e. The summed E-state index contributed by atoms with van der Waals surface area (Å²) in [6, 6.07) is 0. The number of carbonyl (C=O) groups is 1. The van der Waals surface area contributed by atoms with Gasteiger partial charge in [-0.25, -0.2) is 0 Å². The number of hydrogen-bond acceptors (Lipinski definition) is 6. The number of fused-ring (bicyclic) bond motifs is 4. The van der Waals surface area contributed by atoms with Gasteiger partial charge in [0.1, 0.15) is 5.76 Å². The molecule has 5 rings (SSSR count). The first-order chi connectivity index (χ1) is 14.6. The van der Waals surface area contributed by atoms with Crippen LogP contribution in [-0.2, 0) is 19.3 Å². The molecule has 0 aromatic heterocycles. The van der Waals surface area contributed by atoms with Crippen molar-refractivity contribution in [1.29, 1.82) is 0 Å². The lowest BCUT2D eigenvalue weighted by Gasteiger charge is -2.45. The van der Waals surface area contributed by atoms with Crippen LogP contribution in [0.15, 0.2) is 56.7 Å². The van der Waals surface area contributed by atoms with Gasteiger partial charge in [0.15, 0.2) is 0 Å². The summed E-state index contributed by atoms with van der Waals surface area (Å²) in [5, 5.41) is 14.9. The van der Waals surface area contributed by atoms with Gasteiger partial charge < -0.3 is 20.1 Å². The van der Waals surface area contributed by atoms with E-state index >= 15 is 0 Å². The average molecular weight is 446 g/mol. The van der Waals surface area contributed by atoms with Crippen LogP contribution in [0.2, 0.25) is 0 Å². The first-order valence-electron chi connectivity index (χ1n) is 10.8. The van der Waals surface area contributed by atoms with Crippen molar-refractivity contribution in [2.24, 2.45) is 16.5 Å². The van der Waals surface area contributed by atoms with Crippen LogP contribution in [0.1, 0.15) is 58.8 Å². The minimum Gasteiger partial charge on any atom is -0.481 e. The Balaban J connectivity index is 1.69. The normalized spacial score (nSPS) is 29.6. The third-order valence-electron chi connectivity index (χ3n) is 7.40. The Morgan fingerprint density at radius 2 is 2.13 bits per heavy atom. The molecule has 2 unspecified atom stereocenters. The molecule has 0 bridgehead atoms. The Hall–Kier alpha value is -2.52. The Kier molecular flexibility index (Phi) is 4.43. The van der Waals surface area contributed by atoms with Gasteiger partial charge in [0.25, 0.3) is 0 Å². The molecule has 0 aromatic rings. The fourth-order valence-corrected chi connectivity index (χ4v) is 6.52. The summed E-state index contributed by atoms with van der Waals surface area (Å²) in [4.78, 5) is 11.8. The molecule has 0 aromatic carbocycles. The van der Waals surface area contributed by atoms with Gasteiger partial charge in [-0.15, -0.1) is 0 Å². The number of carboxylic acids is 1. The molecule has 166 valence electrons. The van der Waals surface area contributed by atoms with Gasteiger partial charge in [0, 0.05) is 22.3 Å². The molecule has 0 radical (unpaired) electrons. The molecule has 0 saturated carbocycles. The monoisotopic (exact) mass is 445 g/mol. The second-order valence-electron chi connectivity index (χ2n) is 9.12. The van der Waals surface area contributed by atoms with Gasteiger partial charge in [-0.1, -0.05) is 18.1 Å². The summed E-state index contributed by atoms with van der Waals surface area (Å²) in [6.45, 7) is 4.18. The third kappa shape index (κ3) is 2.97. The van der Waals surface area contributed by atoms with E-state index in [0.717, 1.165) is 71.4 Å². The second-order valence-corrected chi connectivity index (χ2v) is 10.3. The van der Waals surface area contributed by atoms with Crippen LogP contribution in [0.4, 0.5) is 0 Å². The van der Waals surface area contributed by atoms with Crippen molar-refractivity contribution in [3.8, 4) is 0 Å². The van der Waals surface area contributed by atoms with Crippen molar-refractivity contribution in [3.63, 3.8) is 0 Å². The maximum Gasteiger partial charge on any atom is 0.380 e. The summed E-state index contributed by atoms with van der Waals surface area (Å²) in [6.07, 6.45) is 7.35. The number of allylic oxidation sites excluding steroid dienone is 8. The van der Waals surface area contributed by atoms with Crippen molar-refractivity contribution in [2.75, 3.05) is 0 Å². The maximum atomic E-state index is 11.9. The summed E-state index contributed by atoms with van der Waals surface area (Å²) in [7, 11) is -4.19. The Morgan fingerprint density at radius 3 is 2.81 bits per heavy atom. The lowest BCUT2D eigenvalue weighted by Crippen LogP contribution is -2.46. The molecule has 2 atom stereocenters. The molecular weight excluding hydrogens is 418 g/mol. The van der Waals surface area contributed by atoms with Crippen molar-refractivity contribution < 1.29 is 22.5 Å². The topological polar surface area (TPSA) is 131 Å². The second kappa shape index (κ2) is 6.74. The number of nitrogens with one attached hydrogen (secondary N) is 2.